The molecule has 0 saturated heterocycles. The number of benzene rings is 1. The third-order valence-electron chi connectivity index (χ3n) is 1.52. The fraction of sp³-hybridized carbons (Fsp3) is 0.200. The molecule has 0 heterocycles. The molecule has 0 fully saturated rings. The van der Waals surface area contributed by atoms with Crippen LogP contribution in [0.5, 0.6) is 0 Å². The Kier molecular flexibility index (Phi) is 2.27. The van der Waals surface area contributed by atoms with Crippen molar-refractivity contribution in [3.63, 3.8) is 0 Å². The van der Waals surface area contributed by atoms with Gasteiger partial charge in [0.2, 0.25) is 0 Å². The molecule has 0 bridgehead atoms. The van der Waals surface area contributed by atoms with Gasteiger partial charge in [-0.25, -0.2) is 0 Å². The second-order valence-corrected chi connectivity index (χ2v) is 2.23. The van der Waals surface area contributed by atoms with Crippen molar-refractivity contribution in [3.8, 4) is 0 Å². The van der Waals surface area contributed by atoms with Crippen molar-refractivity contribution in [2.45, 2.75) is 13.3 Å². The van der Waals surface area contributed by atoms with Crippen molar-refractivity contribution in [1.29, 1.82) is 0 Å². The molecule has 0 N–H and O–H groups in total. The Hall–Kier alpha value is -1.04. The molecule has 0 atom stereocenters. The van der Waals surface area contributed by atoms with Gasteiger partial charge in [-0.15, -0.1) is 0 Å². The Morgan fingerprint density at radius 3 is 2.90 bits per heavy atom. The van der Waals surface area contributed by atoms with Gasteiger partial charge in [-0.3, -0.25) is 0 Å². The third-order valence-corrected chi connectivity index (χ3v) is 1.52. The zero-order chi connectivity index (χ0) is 7.40. The first-order chi connectivity index (χ1) is 4.84. The van der Waals surface area contributed by atoms with Crippen LogP contribution in [0.3, 0.4) is 0 Å². The zero-order valence-corrected chi connectivity index (χ0v) is 6.22. The predicted octanol–water partition coefficient (Wildman–Crippen LogP) is 2.91. The topological polar surface area (TPSA) is 0 Å². The Morgan fingerprint density at radius 1 is 1.60 bits per heavy atom. The van der Waals surface area contributed by atoms with Crippen LogP contribution >= 0.6 is 0 Å². The number of hydrogen-bond donors (Lipinski definition) is 0. The highest BCUT2D eigenvalue weighted by Crippen LogP contribution is 2.13. The quantitative estimate of drug-likeness (QED) is 0.579. The minimum Gasteiger partial charge on any atom is -0.0952 e. The van der Waals surface area contributed by atoms with E-state index in [1.54, 1.807) is 0 Å². The maximum absolute atomic E-state index is 3.91. The fourth-order valence-electron chi connectivity index (χ4n) is 0.804. The molecular weight excluding hydrogens is 120 g/mol. The van der Waals surface area contributed by atoms with Crippen LogP contribution < -0.4 is 0 Å². The van der Waals surface area contributed by atoms with Crippen molar-refractivity contribution in [2.24, 2.45) is 0 Å². The average Bonchev–Trinajstić information content (AvgIpc) is 2.05. The Bertz CT molecular complexity index is 209. The molecule has 0 aromatic heterocycles. The van der Waals surface area contributed by atoms with Crippen LogP contribution in [0.4, 0.5) is 0 Å². The molecular formula is C10H11. The molecule has 0 aliphatic rings. The molecule has 1 aromatic carbocycles. The Morgan fingerprint density at radius 2 is 2.40 bits per heavy atom. The van der Waals surface area contributed by atoms with Crippen LogP contribution in [0, 0.1) is 6.07 Å². The summed E-state index contributed by atoms with van der Waals surface area (Å²) >= 11 is 0. The van der Waals surface area contributed by atoms with Gasteiger partial charge < -0.3 is 0 Å². The maximum atomic E-state index is 3.91. The molecule has 0 heteroatoms. The van der Waals surface area contributed by atoms with E-state index in [9.17, 15) is 0 Å². The second-order valence-electron chi connectivity index (χ2n) is 2.23. The summed E-state index contributed by atoms with van der Waals surface area (Å²) in [5.41, 5.74) is 2.28. The Labute approximate surface area is 62.2 Å². The molecule has 1 aromatic rings. The molecule has 0 nitrogen and oxygen atoms in total. The molecule has 10 heavy (non-hydrogen) atoms. The van der Waals surface area contributed by atoms with E-state index in [-0.39, 0.29) is 0 Å². The minimum atomic E-state index is 1.00. The van der Waals surface area contributed by atoms with Crippen molar-refractivity contribution in [3.05, 3.63) is 42.5 Å². The van der Waals surface area contributed by atoms with Gasteiger partial charge in [0.05, 0.1) is 0 Å². The van der Waals surface area contributed by atoms with Gasteiger partial charge in [-0.1, -0.05) is 37.8 Å². The Balaban J connectivity index is 2.85. The molecule has 0 aliphatic carbocycles. The molecule has 1 radical (unpaired) electrons. The van der Waals surface area contributed by atoms with Gasteiger partial charge in [-0.2, -0.15) is 0 Å². The summed E-state index contributed by atoms with van der Waals surface area (Å²) in [6, 6.07) is 11.0. The van der Waals surface area contributed by atoms with E-state index < -0.39 is 0 Å². The van der Waals surface area contributed by atoms with Gasteiger partial charge in [0, 0.05) is 0 Å². The number of allylic oxidation sites excluding steroid dienone is 1. The number of rotatable bonds is 2. The SMILES string of the molecule is C=C(CC)c1[c]cccc1. The molecule has 0 saturated carbocycles. The van der Waals surface area contributed by atoms with E-state index in [1.165, 1.54) is 0 Å². The summed E-state index contributed by atoms with van der Waals surface area (Å²) in [4.78, 5) is 0. The minimum absolute atomic E-state index is 1.00. The van der Waals surface area contributed by atoms with E-state index in [1.807, 2.05) is 24.3 Å². The van der Waals surface area contributed by atoms with Crippen molar-refractivity contribution >= 4 is 5.57 Å². The van der Waals surface area contributed by atoms with Gasteiger partial charge in [0.15, 0.2) is 0 Å². The maximum Gasteiger partial charge on any atom is -0.0103 e. The van der Waals surface area contributed by atoms with E-state index in [2.05, 4.69) is 19.6 Å². The lowest BCUT2D eigenvalue weighted by molar-refractivity contribution is 1.24. The molecule has 0 aliphatic heterocycles. The summed E-state index contributed by atoms with van der Waals surface area (Å²) in [5.74, 6) is 0. The van der Waals surface area contributed by atoms with Gasteiger partial charge in [0.1, 0.15) is 0 Å². The summed E-state index contributed by atoms with van der Waals surface area (Å²) in [7, 11) is 0. The normalized spacial score (nSPS) is 9.30. The zero-order valence-electron chi connectivity index (χ0n) is 6.22. The predicted molar refractivity (Wildman–Crippen MR) is 44.6 cm³/mol. The largest absolute Gasteiger partial charge is 0.0952 e. The lowest BCUT2D eigenvalue weighted by Gasteiger charge is -1.98. The fourth-order valence-corrected chi connectivity index (χ4v) is 0.804. The third kappa shape index (κ3) is 1.47. The first-order valence-corrected chi connectivity index (χ1v) is 3.49. The van der Waals surface area contributed by atoms with Crippen LogP contribution in [0.25, 0.3) is 5.57 Å². The van der Waals surface area contributed by atoms with Crippen molar-refractivity contribution in [1.82, 2.24) is 0 Å². The first kappa shape index (κ1) is 7.07. The summed E-state index contributed by atoms with van der Waals surface area (Å²) < 4.78 is 0. The van der Waals surface area contributed by atoms with Crippen LogP contribution in [-0.2, 0) is 0 Å². The molecule has 51 valence electrons. The van der Waals surface area contributed by atoms with Gasteiger partial charge in [0.25, 0.3) is 0 Å². The highest BCUT2D eigenvalue weighted by atomic mass is 14.0. The van der Waals surface area contributed by atoms with Crippen molar-refractivity contribution < 1.29 is 0 Å². The summed E-state index contributed by atoms with van der Waals surface area (Å²) in [6.07, 6.45) is 1.00. The lowest BCUT2D eigenvalue weighted by atomic mass is 10.1. The summed E-state index contributed by atoms with van der Waals surface area (Å²) in [6.45, 7) is 6.01. The standard InChI is InChI=1S/C10H11/c1-3-9(2)10-7-5-4-6-8-10/h4-7H,2-3H2,1H3. The van der Waals surface area contributed by atoms with Crippen LogP contribution in [0.15, 0.2) is 30.8 Å². The van der Waals surface area contributed by atoms with E-state index >= 15 is 0 Å². The first-order valence-electron chi connectivity index (χ1n) is 3.49. The van der Waals surface area contributed by atoms with Crippen LogP contribution in [0.1, 0.15) is 18.9 Å². The highest BCUT2D eigenvalue weighted by molar-refractivity contribution is 5.62. The van der Waals surface area contributed by atoms with E-state index in [0.29, 0.717) is 0 Å². The van der Waals surface area contributed by atoms with Gasteiger partial charge >= 0.3 is 0 Å². The summed E-state index contributed by atoms with van der Waals surface area (Å²) in [5, 5.41) is 0. The molecule has 0 unspecified atom stereocenters. The lowest BCUT2D eigenvalue weighted by Crippen LogP contribution is -1.78. The monoisotopic (exact) mass is 131 g/mol. The second kappa shape index (κ2) is 3.21. The number of hydrogen-bond acceptors (Lipinski definition) is 0. The van der Waals surface area contributed by atoms with Crippen LogP contribution in [0.2, 0.25) is 0 Å². The van der Waals surface area contributed by atoms with E-state index in [4.69, 9.17) is 0 Å². The van der Waals surface area contributed by atoms with Crippen molar-refractivity contribution in [2.75, 3.05) is 0 Å². The molecule has 1 rings (SSSR count). The van der Waals surface area contributed by atoms with Gasteiger partial charge in [-0.05, 0) is 23.6 Å². The smallest absolute Gasteiger partial charge is 0.0103 e. The van der Waals surface area contributed by atoms with E-state index in [0.717, 1.165) is 17.6 Å². The average molecular weight is 131 g/mol. The molecule has 0 amide bonds. The highest BCUT2D eigenvalue weighted by Gasteiger charge is 1.92. The molecule has 0 spiro atoms. The van der Waals surface area contributed by atoms with Crippen LogP contribution in [-0.4, -0.2) is 0 Å².